The highest BCUT2D eigenvalue weighted by Gasteiger charge is 2.21. The van der Waals surface area contributed by atoms with Crippen molar-refractivity contribution in [3.05, 3.63) is 35.9 Å². The number of benzene rings is 1. The molecule has 0 saturated carbocycles. The fourth-order valence-electron chi connectivity index (χ4n) is 2.44. The Hall–Kier alpha value is -0.860. The smallest absolute Gasteiger partial charge is 0.00721 e. The number of aryl methyl sites for hydroxylation is 1. The Kier molecular flexibility index (Phi) is 6.23. The van der Waals surface area contributed by atoms with Gasteiger partial charge in [0.15, 0.2) is 0 Å². The normalized spacial score (nSPS) is 11.7. The molecular weight excluding hydrogens is 208 g/mol. The summed E-state index contributed by atoms with van der Waals surface area (Å²) in [6, 6.07) is 10.7. The highest BCUT2D eigenvalue weighted by molar-refractivity contribution is 5.14. The van der Waals surface area contributed by atoms with Gasteiger partial charge in [0.05, 0.1) is 0 Å². The molecule has 0 aliphatic rings. The van der Waals surface area contributed by atoms with Crippen LogP contribution in [-0.2, 0) is 6.42 Å². The van der Waals surface area contributed by atoms with Crippen LogP contribution >= 0.6 is 0 Å². The van der Waals surface area contributed by atoms with Crippen molar-refractivity contribution in [1.29, 1.82) is 0 Å². The summed E-state index contributed by atoms with van der Waals surface area (Å²) in [6.45, 7) is 3.85. The van der Waals surface area contributed by atoms with Crippen LogP contribution in [0.4, 0.5) is 0 Å². The van der Waals surface area contributed by atoms with Gasteiger partial charge >= 0.3 is 0 Å². The summed E-state index contributed by atoms with van der Waals surface area (Å²) in [7, 11) is 0. The molecule has 0 aliphatic heterocycles. The first kappa shape index (κ1) is 14.2. The third-order valence-electron chi connectivity index (χ3n) is 3.58. The minimum atomic E-state index is 0.332. The van der Waals surface area contributed by atoms with E-state index < -0.39 is 0 Å². The first-order chi connectivity index (χ1) is 8.20. The second-order valence-electron chi connectivity index (χ2n) is 5.23. The lowest BCUT2D eigenvalue weighted by atomic mass is 9.78. The molecule has 0 aliphatic carbocycles. The molecule has 0 unspecified atom stereocenters. The summed E-state index contributed by atoms with van der Waals surface area (Å²) in [4.78, 5) is 0. The van der Waals surface area contributed by atoms with Crippen molar-refractivity contribution < 1.29 is 0 Å². The molecule has 2 heteroatoms. The Bertz CT molecular complexity index is 289. The van der Waals surface area contributed by atoms with E-state index in [0.29, 0.717) is 5.41 Å². The lowest BCUT2D eigenvalue weighted by Gasteiger charge is -2.28. The SMILES string of the molecule is CC(CCN)(CCN)CCCc1ccccc1. The molecule has 0 amide bonds. The van der Waals surface area contributed by atoms with Crippen molar-refractivity contribution in [1.82, 2.24) is 0 Å². The minimum absolute atomic E-state index is 0.332. The molecule has 0 bridgehead atoms. The van der Waals surface area contributed by atoms with E-state index in [4.69, 9.17) is 11.5 Å². The summed E-state index contributed by atoms with van der Waals surface area (Å²) in [6.07, 6.45) is 5.76. The van der Waals surface area contributed by atoms with Crippen LogP contribution in [0.3, 0.4) is 0 Å². The van der Waals surface area contributed by atoms with Crippen molar-refractivity contribution in [3.63, 3.8) is 0 Å². The lowest BCUT2D eigenvalue weighted by molar-refractivity contribution is 0.252. The fraction of sp³-hybridized carbons (Fsp3) is 0.600. The molecule has 17 heavy (non-hydrogen) atoms. The molecule has 0 radical (unpaired) electrons. The largest absolute Gasteiger partial charge is 0.330 e. The third kappa shape index (κ3) is 5.33. The van der Waals surface area contributed by atoms with Crippen LogP contribution in [0.2, 0.25) is 0 Å². The van der Waals surface area contributed by atoms with Crippen LogP contribution in [0.15, 0.2) is 30.3 Å². The van der Waals surface area contributed by atoms with E-state index in [0.717, 1.165) is 32.4 Å². The van der Waals surface area contributed by atoms with Gasteiger partial charge in [0, 0.05) is 0 Å². The summed E-state index contributed by atoms with van der Waals surface area (Å²) >= 11 is 0. The van der Waals surface area contributed by atoms with Gasteiger partial charge < -0.3 is 11.5 Å². The standard InChI is InChI=1S/C15H26N2/c1-15(10-12-16,11-13-17)9-5-8-14-6-3-2-4-7-14/h2-4,6-7H,5,8-13,16-17H2,1H3. The molecule has 1 aromatic rings. The van der Waals surface area contributed by atoms with Gasteiger partial charge in [-0.15, -0.1) is 0 Å². The Labute approximate surface area is 105 Å². The number of rotatable bonds is 8. The fourth-order valence-corrected chi connectivity index (χ4v) is 2.44. The van der Waals surface area contributed by atoms with Gasteiger partial charge in [-0.1, -0.05) is 37.3 Å². The van der Waals surface area contributed by atoms with E-state index in [1.165, 1.54) is 18.4 Å². The van der Waals surface area contributed by atoms with Crippen LogP contribution in [0.25, 0.3) is 0 Å². The third-order valence-corrected chi connectivity index (χ3v) is 3.58. The Morgan fingerprint density at radius 2 is 1.53 bits per heavy atom. The second kappa shape index (κ2) is 7.46. The molecule has 4 N–H and O–H groups in total. The zero-order valence-corrected chi connectivity index (χ0v) is 11.0. The molecule has 0 atom stereocenters. The molecule has 0 spiro atoms. The van der Waals surface area contributed by atoms with E-state index in [1.807, 2.05) is 0 Å². The maximum atomic E-state index is 5.69. The quantitative estimate of drug-likeness (QED) is 0.726. The minimum Gasteiger partial charge on any atom is -0.330 e. The van der Waals surface area contributed by atoms with E-state index in [-0.39, 0.29) is 0 Å². The lowest BCUT2D eigenvalue weighted by Crippen LogP contribution is -2.24. The molecule has 0 fully saturated rings. The Morgan fingerprint density at radius 1 is 0.941 bits per heavy atom. The summed E-state index contributed by atoms with van der Waals surface area (Å²) in [5.74, 6) is 0. The second-order valence-corrected chi connectivity index (χ2v) is 5.23. The number of hydrogen-bond acceptors (Lipinski definition) is 2. The average Bonchev–Trinajstić information content (AvgIpc) is 2.31. The van der Waals surface area contributed by atoms with Crippen LogP contribution in [-0.4, -0.2) is 13.1 Å². The monoisotopic (exact) mass is 234 g/mol. The maximum absolute atomic E-state index is 5.69. The van der Waals surface area contributed by atoms with Crippen molar-refractivity contribution in [2.24, 2.45) is 16.9 Å². The number of nitrogens with two attached hydrogens (primary N) is 2. The Morgan fingerprint density at radius 3 is 2.06 bits per heavy atom. The van der Waals surface area contributed by atoms with Crippen LogP contribution in [0, 0.1) is 5.41 Å². The van der Waals surface area contributed by atoms with Crippen LogP contribution in [0.1, 0.15) is 38.2 Å². The Balaban J connectivity index is 2.37. The topological polar surface area (TPSA) is 52.0 Å². The van der Waals surface area contributed by atoms with Gasteiger partial charge in [0.1, 0.15) is 0 Å². The van der Waals surface area contributed by atoms with E-state index >= 15 is 0 Å². The van der Waals surface area contributed by atoms with Gasteiger partial charge in [0.2, 0.25) is 0 Å². The molecule has 0 aromatic heterocycles. The molecule has 96 valence electrons. The predicted octanol–water partition coefficient (Wildman–Crippen LogP) is 2.71. The van der Waals surface area contributed by atoms with E-state index in [2.05, 4.69) is 37.3 Å². The average molecular weight is 234 g/mol. The van der Waals surface area contributed by atoms with Gasteiger partial charge in [-0.05, 0) is 56.2 Å². The zero-order valence-electron chi connectivity index (χ0n) is 11.0. The van der Waals surface area contributed by atoms with Crippen molar-refractivity contribution in [3.8, 4) is 0 Å². The predicted molar refractivity (Wildman–Crippen MR) is 74.8 cm³/mol. The highest BCUT2D eigenvalue weighted by Crippen LogP contribution is 2.31. The molecule has 2 nitrogen and oxygen atoms in total. The summed E-state index contributed by atoms with van der Waals surface area (Å²) in [5, 5.41) is 0. The molecule has 0 heterocycles. The maximum Gasteiger partial charge on any atom is -0.00721 e. The highest BCUT2D eigenvalue weighted by atomic mass is 14.6. The van der Waals surface area contributed by atoms with Crippen molar-refractivity contribution in [2.75, 3.05) is 13.1 Å². The van der Waals surface area contributed by atoms with Crippen molar-refractivity contribution >= 4 is 0 Å². The number of hydrogen-bond donors (Lipinski definition) is 2. The van der Waals surface area contributed by atoms with Gasteiger partial charge in [0.25, 0.3) is 0 Å². The first-order valence-corrected chi connectivity index (χ1v) is 6.64. The van der Waals surface area contributed by atoms with Gasteiger partial charge in [-0.25, -0.2) is 0 Å². The molecule has 1 rings (SSSR count). The summed E-state index contributed by atoms with van der Waals surface area (Å²) < 4.78 is 0. The molecular formula is C15H26N2. The zero-order chi connectivity index (χ0) is 12.6. The van der Waals surface area contributed by atoms with E-state index in [9.17, 15) is 0 Å². The van der Waals surface area contributed by atoms with Crippen LogP contribution in [0.5, 0.6) is 0 Å². The van der Waals surface area contributed by atoms with Gasteiger partial charge in [-0.2, -0.15) is 0 Å². The van der Waals surface area contributed by atoms with Gasteiger partial charge in [-0.3, -0.25) is 0 Å². The molecule has 1 aromatic carbocycles. The molecule has 0 saturated heterocycles. The first-order valence-electron chi connectivity index (χ1n) is 6.64. The summed E-state index contributed by atoms with van der Waals surface area (Å²) in [5.41, 5.74) is 13.1. The van der Waals surface area contributed by atoms with Crippen molar-refractivity contribution in [2.45, 2.75) is 39.0 Å². The van der Waals surface area contributed by atoms with E-state index in [1.54, 1.807) is 0 Å². The van der Waals surface area contributed by atoms with Crippen LogP contribution < -0.4 is 11.5 Å².